The Labute approximate surface area is 80.9 Å². The first-order valence-electron chi connectivity index (χ1n) is 4.19. The Morgan fingerprint density at radius 1 is 1.36 bits per heavy atom. The van der Waals surface area contributed by atoms with E-state index in [1.54, 1.807) is 7.05 Å². The molecule has 0 spiro atoms. The van der Waals surface area contributed by atoms with Gasteiger partial charge in [-0.2, -0.15) is 0 Å². The van der Waals surface area contributed by atoms with Gasteiger partial charge in [-0.1, -0.05) is 6.07 Å². The molecule has 1 N–H and O–H groups in total. The molecule has 0 radical (unpaired) electrons. The third-order valence-corrected chi connectivity index (χ3v) is 1.97. The number of carbonyl (C=O) groups is 1. The molecule has 0 heterocycles. The minimum atomic E-state index is -0.941. The van der Waals surface area contributed by atoms with Crippen molar-refractivity contribution in [1.29, 1.82) is 0 Å². The summed E-state index contributed by atoms with van der Waals surface area (Å²) in [6.45, 7) is 1.39. The van der Waals surface area contributed by atoms with Gasteiger partial charge in [0.1, 0.15) is 0 Å². The van der Waals surface area contributed by atoms with Crippen LogP contribution in [0.3, 0.4) is 0 Å². The van der Waals surface area contributed by atoms with E-state index in [0.717, 1.165) is 12.1 Å². The van der Waals surface area contributed by atoms with Gasteiger partial charge < -0.3 is 5.32 Å². The van der Waals surface area contributed by atoms with E-state index in [2.05, 4.69) is 5.32 Å². The van der Waals surface area contributed by atoms with Gasteiger partial charge in [0.2, 0.25) is 0 Å². The van der Waals surface area contributed by atoms with Crippen LogP contribution in [-0.4, -0.2) is 12.8 Å². The Balaban J connectivity index is 3.06. The van der Waals surface area contributed by atoms with Gasteiger partial charge in [0.15, 0.2) is 17.4 Å². The summed E-state index contributed by atoms with van der Waals surface area (Å²) in [4.78, 5) is 11.1. The zero-order chi connectivity index (χ0) is 10.7. The molecule has 0 amide bonds. The molecule has 0 saturated carbocycles. The largest absolute Gasteiger partial charge is 0.307 e. The van der Waals surface area contributed by atoms with Crippen molar-refractivity contribution in [3.63, 3.8) is 0 Å². The zero-order valence-electron chi connectivity index (χ0n) is 7.97. The third-order valence-electron chi connectivity index (χ3n) is 1.97. The molecule has 0 aromatic heterocycles. The Morgan fingerprint density at radius 2 is 2.00 bits per heavy atom. The van der Waals surface area contributed by atoms with Crippen LogP contribution in [0.4, 0.5) is 8.78 Å². The first kappa shape index (κ1) is 10.8. The number of benzene rings is 1. The Kier molecular flexibility index (Phi) is 3.30. The molecule has 76 valence electrons. The van der Waals surface area contributed by atoms with Crippen LogP contribution in [0, 0.1) is 11.6 Å². The van der Waals surface area contributed by atoms with Gasteiger partial charge in [-0.3, -0.25) is 4.79 Å². The monoisotopic (exact) mass is 199 g/mol. The van der Waals surface area contributed by atoms with E-state index >= 15 is 0 Å². The second-order valence-electron chi connectivity index (χ2n) is 3.01. The zero-order valence-corrected chi connectivity index (χ0v) is 7.97. The summed E-state index contributed by atoms with van der Waals surface area (Å²) in [6.07, 6.45) is 0. The fourth-order valence-corrected chi connectivity index (χ4v) is 1.30. The van der Waals surface area contributed by atoms with Crippen molar-refractivity contribution in [1.82, 2.24) is 5.32 Å². The predicted octanol–water partition coefficient (Wildman–Crippen LogP) is 1.81. The number of Topliss-reactive ketones (excluding diaryl/α,β-unsaturated/α-hetero) is 1. The van der Waals surface area contributed by atoms with Crippen molar-refractivity contribution >= 4 is 5.78 Å². The second kappa shape index (κ2) is 4.28. The van der Waals surface area contributed by atoms with Crippen LogP contribution < -0.4 is 5.32 Å². The first-order chi connectivity index (χ1) is 6.56. The molecular formula is C10H11F2NO. The molecule has 1 aromatic carbocycles. The highest BCUT2D eigenvalue weighted by Crippen LogP contribution is 2.16. The summed E-state index contributed by atoms with van der Waals surface area (Å²) in [5.74, 6) is -1.99. The molecule has 0 aliphatic carbocycles. The fraction of sp³-hybridized carbons (Fsp3) is 0.300. The molecule has 1 unspecified atom stereocenters. The average molecular weight is 199 g/mol. The van der Waals surface area contributed by atoms with Gasteiger partial charge in [0.25, 0.3) is 0 Å². The maximum Gasteiger partial charge on any atom is 0.159 e. The Morgan fingerprint density at radius 3 is 2.43 bits per heavy atom. The second-order valence-corrected chi connectivity index (χ2v) is 3.01. The highest BCUT2D eigenvalue weighted by atomic mass is 19.2. The maximum absolute atomic E-state index is 12.8. The van der Waals surface area contributed by atoms with Gasteiger partial charge >= 0.3 is 0 Å². The molecule has 0 aliphatic heterocycles. The molecule has 4 heteroatoms. The number of halogens is 2. The minimum absolute atomic E-state index is 0.140. The highest BCUT2D eigenvalue weighted by molar-refractivity contribution is 5.82. The lowest BCUT2D eigenvalue weighted by Crippen LogP contribution is -2.23. The lowest BCUT2D eigenvalue weighted by Gasteiger charge is -2.12. The number of ketones is 1. The summed E-state index contributed by atoms with van der Waals surface area (Å²) in [6, 6.07) is 2.85. The molecule has 0 saturated heterocycles. The molecule has 0 bridgehead atoms. The van der Waals surface area contributed by atoms with Gasteiger partial charge in [0, 0.05) is 0 Å². The van der Waals surface area contributed by atoms with Crippen molar-refractivity contribution in [2.45, 2.75) is 13.0 Å². The van der Waals surface area contributed by atoms with E-state index in [1.807, 2.05) is 0 Å². The van der Waals surface area contributed by atoms with Crippen molar-refractivity contribution in [3.05, 3.63) is 35.4 Å². The number of hydrogen-bond acceptors (Lipinski definition) is 2. The topological polar surface area (TPSA) is 29.1 Å². The van der Waals surface area contributed by atoms with Crippen LogP contribution >= 0.6 is 0 Å². The molecule has 14 heavy (non-hydrogen) atoms. The van der Waals surface area contributed by atoms with E-state index in [1.165, 1.54) is 13.0 Å². The number of nitrogens with one attached hydrogen (secondary N) is 1. The SMILES string of the molecule is CNC(C(C)=O)c1ccc(F)c(F)c1. The van der Waals surface area contributed by atoms with Crippen molar-refractivity contribution < 1.29 is 13.6 Å². The maximum atomic E-state index is 12.8. The smallest absolute Gasteiger partial charge is 0.159 e. The summed E-state index contributed by atoms with van der Waals surface area (Å²) >= 11 is 0. The van der Waals surface area contributed by atoms with Crippen molar-refractivity contribution in [3.8, 4) is 0 Å². The molecular weight excluding hydrogens is 188 g/mol. The average Bonchev–Trinajstić information content (AvgIpc) is 2.11. The lowest BCUT2D eigenvalue weighted by molar-refractivity contribution is -0.119. The van der Waals surface area contributed by atoms with Crippen LogP contribution in [0.2, 0.25) is 0 Å². The Hall–Kier alpha value is -1.29. The number of carbonyl (C=O) groups excluding carboxylic acids is 1. The van der Waals surface area contributed by atoms with Gasteiger partial charge in [-0.15, -0.1) is 0 Å². The van der Waals surface area contributed by atoms with Crippen molar-refractivity contribution in [2.24, 2.45) is 0 Å². The van der Waals surface area contributed by atoms with Gasteiger partial charge in [0.05, 0.1) is 6.04 Å². The van der Waals surface area contributed by atoms with E-state index in [4.69, 9.17) is 0 Å². The molecule has 0 aliphatic rings. The summed E-state index contributed by atoms with van der Waals surface area (Å²) in [7, 11) is 1.59. The molecule has 2 nitrogen and oxygen atoms in total. The normalized spacial score (nSPS) is 12.6. The van der Waals surface area contributed by atoms with Crippen LogP contribution in [0.15, 0.2) is 18.2 Å². The minimum Gasteiger partial charge on any atom is -0.307 e. The van der Waals surface area contributed by atoms with Crippen molar-refractivity contribution in [2.75, 3.05) is 7.05 Å². The number of hydrogen-bond donors (Lipinski definition) is 1. The van der Waals surface area contributed by atoms with Crippen LogP contribution in [0.1, 0.15) is 18.5 Å². The third kappa shape index (κ3) is 2.14. The van der Waals surface area contributed by atoms with Crippen LogP contribution in [-0.2, 0) is 4.79 Å². The van der Waals surface area contributed by atoms with Gasteiger partial charge in [-0.25, -0.2) is 8.78 Å². The summed E-state index contributed by atoms with van der Waals surface area (Å²) in [5.41, 5.74) is 0.430. The van der Waals surface area contributed by atoms with Gasteiger partial charge in [-0.05, 0) is 31.7 Å². The summed E-state index contributed by atoms with van der Waals surface area (Å²) in [5, 5.41) is 2.73. The van der Waals surface area contributed by atoms with E-state index < -0.39 is 17.7 Å². The first-order valence-corrected chi connectivity index (χ1v) is 4.19. The molecule has 0 fully saturated rings. The fourth-order valence-electron chi connectivity index (χ4n) is 1.30. The summed E-state index contributed by atoms with van der Waals surface area (Å²) < 4.78 is 25.4. The lowest BCUT2D eigenvalue weighted by atomic mass is 10.0. The quantitative estimate of drug-likeness (QED) is 0.804. The van der Waals surface area contributed by atoms with E-state index in [-0.39, 0.29) is 5.78 Å². The predicted molar refractivity (Wildman–Crippen MR) is 48.8 cm³/mol. The van der Waals surface area contributed by atoms with E-state index in [0.29, 0.717) is 5.56 Å². The molecule has 1 aromatic rings. The number of likely N-dealkylation sites (N-methyl/N-ethyl adjacent to an activating group) is 1. The van der Waals surface area contributed by atoms with Crippen LogP contribution in [0.25, 0.3) is 0 Å². The molecule has 1 atom stereocenters. The Bertz CT molecular complexity index is 352. The number of rotatable bonds is 3. The highest BCUT2D eigenvalue weighted by Gasteiger charge is 2.15. The van der Waals surface area contributed by atoms with E-state index in [9.17, 15) is 13.6 Å². The van der Waals surface area contributed by atoms with Crippen LogP contribution in [0.5, 0.6) is 0 Å². The standard InChI is InChI=1S/C10H11F2NO/c1-6(14)10(13-2)7-3-4-8(11)9(12)5-7/h3-5,10,13H,1-2H3. The molecule has 1 rings (SSSR count).